The van der Waals surface area contributed by atoms with Crippen LogP contribution in [-0.2, 0) is 6.54 Å². The van der Waals surface area contributed by atoms with Gasteiger partial charge in [0.15, 0.2) is 5.58 Å². The minimum Gasteiger partial charge on any atom is -0.408 e. The highest BCUT2D eigenvalue weighted by molar-refractivity contribution is 5.94. The lowest BCUT2D eigenvalue weighted by molar-refractivity contribution is 0.0951. The summed E-state index contributed by atoms with van der Waals surface area (Å²) >= 11 is 0. The maximum atomic E-state index is 12.1. The van der Waals surface area contributed by atoms with Crippen molar-refractivity contribution in [2.45, 2.75) is 6.54 Å². The van der Waals surface area contributed by atoms with Gasteiger partial charge in [-0.3, -0.25) is 9.78 Å². The number of hydrogen-bond donors (Lipinski definition) is 2. The maximum Gasteiger partial charge on any atom is 0.417 e. The lowest BCUT2D eigenvalue weighted by Crippen LogP contribution is -2.22. The van der Waals surface area contributed by atoms with Crippen molar-refractivity contribution in [1.82, 2.24) is 10.3 Å². The third-order valence-corrected chi connectivity index (χ3v) is 3.19. The molecule has 0 fully saturated rings. The van der Waals surface area contributed by atoms with Crippen molar-refractivity contribution in [3.05, 3.63) is 69.7 Å². The maximum absolute atomic E-state index is 12.1. The van der Waals surface area contributed by atoms with Crippen LogP contribution in [0.4, 0.5) is 0 Å². The number of amides is 1. The van der Waals surface area contributed by atoms with Gasteiger partial charge in [-0.15, -0.1) is 0 Å². The number of H-pyrrole nitrogens is 1. The first-order valence-electron chi connectivity index (χ1n) is 6.56. The molecule has 1 heterocycles. The van der Waals surface area contributed by atoms with Gasteiger partial charge in [0.2, 0.25) is 0 Å². The summed E-state index contributed by atoms with van der Waals surface area (Å²) in [5, 5.41) is 11.6. The molecule has 108 valence electrons. The fourth-order valence-corrected chi connectivity index (χ4v) is 2.11. The normalized spacial score (nSPS) is 10.3. The van der Waals surface area contributed by atoms with Gasteiger partial charge >= 0.3 is 5.76 Å². The Labute approximate surface area is 125 Å². The average molecular weight is 293 g/mol. The topological polar surface area (TPSA) is 98.9 Å². The van der Waals surface area contributed by atoms with Crippen molar-refractivity contribution in [3.63, 3.8) is 0 Å². The summed E-state index contributed by atoms with van der Waals surface area (Å²) in [5.41, 5.74) is 2.72. The Kier molecular flexibility index (Phi) is 3.46. The van der Waals surface area contributed by atoms with Gasteiger partial charge in [0.05, 0.1) is 17.1 Å². The van der Waals surface area contributed by atoms with E-state index in [0.29, 0.717) is 28.8 Å². The summed E-state index contributed by atoms with van der Waals surface area (Å²) in [6, 6.07) is 13.7. The van der Waals surface area contributed by atoms with Gasteiger partial charge in [-0.2, -0.15) is 5.26 Å². The summed E-state index contributed by atoms with van der Waals surface area (Å²) in [5.74, 6) is -0.780. The summed E-state index contributed by atoms with van der Waals surface area (Å²) in [4.78, 5) is 25.7. The molecule has 22 heavy (non-hydrogen) atoms. The number of hydrogen-bond acceptors (Lipinski definition) is 4. The molecule has 1 amide bonds. The van der Waals surface area contributed by atoms with Crippen molar-refractivity contribution in [1.29, 1.82) is 5.26 Å². The highest BCUT2D eigenvalue weighted by Crippen LogP contribution is 2.12. The van der Waals surface area contributed by atoms with Crippen LogP contribution in [0.15, 0.2) is 51.7 Å². The van der Waals surface area contributed by atoms with Crippen LogP contribution in [0.1, 0.15) is 21.5 Å². The highest BCUT2D eigenvalue weighted by Gasteiger charge is 2.07. The minimum atomic E-state index is -0.510. The standard InChI is InChI=1S/C16H11N3O3/c17-8-10-2-1-3-12(6-10)15(20)18-9-11-4-5-13-14(7-11)22-16(21)19-13/h1-7H,9H2,(H,18,20)(H,19,21). The molecule has 0 saturated heterocycles. The van der Waals surface area contributed by atoms with Crippen molar-refractivity contribution in [2.75, 3.05) is 0 Å². The van der Waals surface area contributed by atoms with Crippen LogP contribution in [0.3, 0.4) is 0 Å². The van der Waals surface area contributed by atoms with Gasteiger partial charge in [-0.1, -0.05) is 12.1 Å². The molecule has 2 N–H and O–H groups in total. The number of nitriles is 1. The molecule has 6 heteroatoms. The first-order valence-corrected chi connectivity index (χ1v) is 6.56. The highest BCUT2D eigenvalue weighted by atomic mass is 16.4. The Morgan fingerprint density at radius 1 is 1.27 bits per heavy atom. The lowest BCUT2D eigenvalue weighted by Gasteiger charge is -2.05. The molecule has 0 saturated carbocycles. The quantitative estimate of drug-likeness (QED) is 0.770. The summed E-state index contributed by atoms with van der Waals surface area (Å²) in [6.45, 7) is 0.292. The van der Waals surface area contributed by atoms with Crippen LogP contribution < -0.4 is 11.1 Å². The second-order valence-corrected chi connectivity index (χ2v) is 4.72. The molecule has 0 spiro atoms. The van der Waals surface area contributed by atoms with Crippen LogP contribution in [0, 0.1) is 11.3 Å². The Bertz CT molecular complexity index is 947. The summed E-state index contributed by atoms with van der Waals surface area (Å²) < 4.78 is 4.97. The van der Waals surface area contributed by atoms with E-state index >= 15 is 0 Å². The van der Waals surface area contributed by atoms with Crippen LogP contribution in [0.25, 0.3) is 11.1 Å². The predicted octanol–water partition coefficient (Wildman–Crippen LogP) is 1.92. The Balaban J connectivity index is 1.74. The van der Waals surface area contributed by atoms with E-state index in [0.717, 1.165) is 5.56 Å². The monoisotopic (exact) mass is 293 g/mol. The molecule has 0 aliphatic heterocycles. The summed E-state index contributed by atoms with van der Waals surface area (Å²) in [6.07, 6.45) is 0. The number of nitrogens with one attached hydrogen (secondary N) is 2. The predicted molar refractivity (Wildman–Crippen MR) is 79.2 cm³/mol. The number of aromatic nitrogens is 1. The lowest BCUT2D eigenvalue weighted by atomic mass is 10.1. The zero-order chi connectivity index (χ0) is 15.5. The van der Waals surface area contributed by atoms with Gasteiger partial charge in [0.25, 0.3) is 5.91 Å². The molecule has 0 radical (unpaired) electrons. The molecule has 0 bridgehead atoms. The van der Waals surface area contributed by atoms with Crippen LogP contribution in [-0.4, -0.2) is 10.9 Å². The van der Waals surface area contributed by atoms with E-state index in [9.17, 15) is 9.59 Å². The van der Waals surface area contributed by atoms with Gasteiger partial charge in [-0.05, 0) is 35.9 Å². The molecule has 3 rings (SSSR count). The Morgan fingerprint density at radius 2 is 2.14 bits per heavy atom. The number of fused-ring (bicyclic) bond motifs is 1. The molecule has 0 unspecified atom stereocenters. The molecule has 0 aliphatic rings. The number of nitrogens with zero attached hydrogens (tertiary/aromatic N) is 1. The van der Waals surface area contributed by atoms with Gasteiger partial charge in [0.1, 0.15) is 0 Å². The third kappa shape index (κ3) is 2.74. The number of benzene rings is 2. The smallest absolute Gasteiger partial charge is 0.408 e. The molecular weight excluding hydrogens is 282 g/mol. The number of oxazole rings is 1. The van der Waals surface area contributed by atoms with E-state index in [4.69, 9.17) is 9.68 Å². The van der Waals surface area contributed by atoms with E-state index in [1.807, 2.05) is 6.07 Å². The number of carbonyl (C=O) groups excluding carboxylic acids is 1. The van der Waals surface area contributed by atoms with E-state index in [-0.39, 0.29) is 5.91 Å². The molecule has 1 aromatic heterocycles. The largest absolute Gasteiger partial charge is 0.417 e. The number of carbonyl (C=O) groups is 1. The number of rotatable bonds is 3. The first-order chi connectivity index (χ1) is 10.7. The molecule has 2 aromatic carbocycles. The zero-order valence-electron chi connectivity index (χ0n) is 11.4. The van der Waals surface area contributed by atoms with Crippen LogP contribution in [0.5, 0.6) is 0 Å². The summed E-state index contributed by atoms with van der Waals surface area (Å²) in [7, 11) is 0. The molecule has 6 nitrogen and oxygen atoms in total. The second-order valence-electron chi connectivity index (χ2n) is 4.72. The molecular formula is C16H11N3O3. The van der Waals surface area contributed by atoms with Gasteiger partial charge < -0.3 is 9.73 Å². The van der Waals surface area contributed by atoms with Crippen molar-refractivity contribution in [3.8, 4) is 6.07 Å². The first kappa shape index (κ1) is 13.6. The minimum absolute atomic E-state index is 0.271. The van der Waals surface area contributed by atoms with Crippen molar-refractivity contribution >= 4 is 17.0 Å². The second kappa shape index (κ2) is 5.58. The van der Waals surface area contributed by atoms with E-state index in [2.05, 4.69) is 10.3 Å². The molecule has 3 aromatic rings. The van der Waals surface area contributed by atoms with Crippen LogP contribution in [0.2, 0.25) is 0 Å². The van der Waals surface area contributed by atoms with E-state index in [1.165, 1.54) is 6.07 Å². The van der Waals surface area contributed by atoms with Gasteiger partial charge in [-0.25, -0.2) is 4.79 Å². The Hall–Kier alpha value is -3.33. The van der Waals surface area contributed by atoms with Crippen molar-refractivity contribution in [2.24, 2.45) is 0 Å². The van der Waals surface area contributed by atoms with E-state index in [1.54, 1.807) is 36.4 Å². The fourth-order valence-electron chi connectivity index (χ4n) is 2.11. The zero-order valence-corrected chi connectivity index (χ0v) is 11.4. The average Bonchev–Trinajstić information content (AvgIpc) is 2.91. The molecule has 0 atom stereocenters. The van der Waals surface area contributed by atoms with Gasteiger partial charge in [0, 0.05) is 12.1 Å². The van der Waals surface area contributed by atoms with E-state index < -0.39 is 5.76 Å². The third-order valence-electron chi connectivity index (χ3n) is 3.19. The van der Waals surface area contributed by atoms with Crippen molar-refractivity contribution < 1.29 is 9.21 Å². The Morgan fingerprint density at radius 3 is 2.95 bits per heavy atom. The number of aromatic amines is 1. The molecule has 0 aliphatic carbocycles. The van der Waals surface area contributed by atoms with Crippen LogP contribution >= 0.6 is 0 Å². The SMILES string of the molecule is N#Cc1cccc(C(=O)NCc2ccc3[nH]c(=O)oc3c2)c1. The fraction of sp³-hybridized carbons (Fsp3) is 0.0625.